The minimum absolute atomic E-state index is 0.596. The second-order valence-electron chi connectivity index (χ2n) is 15.5. The molecule has 1 atom stereocenters. The number of benzene rings is 9. The number of fused-ring (bicyclic) bond motifs is 7. The minimum atomic E-state index is -0.596. The first kappa shape index (κ1) is 33.4. The van der Waals surface area contributed by atoms with Gasteiger partial charge in [-0.05, 0) is 110 Å². The van der Waals surface area contributed by atoms with Gasteiger partial charge in [0.05, 0.1) is 16.4 Å². The molecule has 12 rings (SSSR count). The van der Waals surface area contributed by atoms with Gasteiger partial charge in [-0.15, -0.1) is 0 Å². The van der Waals surface area contributed by atoms with Crippen molar-refractivity contribution in [2.45, 2.75) is 5.41 Å². The van der Waals surface area contributed by atoms with Crippen molar-refractivity contribution < 1.29 is 4.42 Å². The smallest absolute Gasteiger partial charge is 0.227 e. The molecule has 0 saturated carbocycles. The Bertz CT molecular complexity index is 3380. The normalized spacial score (nSPS) is 14.5. The third-order valence-corrected chi connectivity index (χ3v) is 12.3. The van der Waals surface area contributed by atoms with Gasteiger partial charge in [0.25, 0.3) is 0 Å². The zero-order chi connectivity index (χ0) is 38.9. The molecule has 1 aliphatic rings. The van der Waals surface area contributed by atoms with E-state index >= 15 is 0 Å². The number of nitrogens with zero attached hydrogens (tertiary/aromatic N) is 2. The van der Waals surface area contributed by atoms with Crippen LogP contribution in [-0.4, -0.2) is 9.55 Å². The molecule has 0 amide bonds. The Morgan fingerprint density at radius 3 is 1.92 bits per heavy atom. The van der Waals surface area contributed by atoms with Crippen LogP contribution in [0.2, 0.25) is 0 Å². The standard InChI is InChI=1S/C56H36N2O/c1-4-16-37(17-5-1)39-20-14-23-43(34-39)58-51-29-13-11-24-45(51)47-35-40(30-33-52(47)58)44-26-15-28-49-54(44)46-25-10-12-27-48(46)56(49,41-21-8-3-9-22-41)42-31-32-50-53(36-42)59-55(57-50)38-18-6-2-7-19-38/h1-36H. The largest absolute Gasteiger partial charge is 0.436 e. The van der Waals surface area contributed by atoms with Crippen molar-refractivity contribution in [3.8, 4) is 50.5 Å². The van der Waals surface area contributed by atoms with Crippen LogP contribution in [0.5, 0.6) is 0 Å². The van der Waals surface area contributed by atoms with E-state index in [0.29, 0.717) is 5.89 Å². The lowest BCUT2D eigenvalue weighted by atomic mass is 9.67. The predicted molar refractivity (Wildman–Crippen MR) is 242 cm³/mol. The number of hydrogen-bond acceptors (Lipinski definition) is 2. The molecule has 0 fully saturated rings. The Kier molecular flexibility index (Phi) is 7.45. The van der Waals surface area contributed by atoms with Crippen molar-refractivity contribution in [1.82, 2.24) is 9.55 Å². The van der Waals surface area contributed by atoms with Gasteiger partial charge in [-0.2, -0.15) is 0 Å². The van der Waals surface area contributed by atoms with Crippen molar-refractivity contribution in [1.29, 1.82) is 0 Å². The zero-order valence-electron chi connectivity index (χ0n) is 32.1. The van der Waals surface area contributed by atoms with Crippen molar-refractivity contribution in [3.63, 3.8) is 0 Å². The van der Waals surface area contributed by atoms with Crippen LogP contribution in [0.15, 0.2) is 223 Å². The first-order valence-corrected chi connectivity index (χ1v) is 20.2. The fraction of sp³-hybridized carbons (Fsp3) is 0.0179. The van der Waals surface area contributed by atoms with E-state index in [-0.39, 0.29) is 0 Å². The van der Waals surface area contributed by atoms with Crippen LogP contribution in [0.4, 0.5) is 0 Å². The average molecular weight is 753 g/mol. The van der Waals surface area contributed by atoms with Crippen molar-refractivity contribution in [2.24, 2.45) is 0 Å². The van der Waals surface area contributed by atoms with E-state index in [1.54, 1.807) is 0 Å². The maximum atomic E-state index is 6.53. The third-order valence-electron chi connectivity index (χ3n) is 12.3. The van der Waals surface area contributed by atoms with Gasteiger partial charge in [0.1, 0.15) is 5.52 Å². The summed E-state index contributed by atoms with van der Waals surface area (Å²) < 4.78 is 8.94. The molecule has 11 aromatic rings. The fourth-order valence-corrected chi connectivity index (χ4v) is 9.78. The second-order valence-corrected chi connectivity index (χ2v) is 15.5. The van der Waals surface area contributed by atoms with Crippen LogP contribution in [0.25, 0.3) is 83.4 Å². The van der Waals surface area contributed by atoms with Gasteiger partial charge in [0.2, 0.25) is 5.89 Å². The highest BCUT2D eigenvalue weighted by atomic mass is 16.3. The van der Waals surface area contributed by atoms with Gasteiger partial charge in [0, 0.05) is 22.0 Å². The molecular formula is C56H36N2O. The van der Waals surface area contributed by atoms with E-state index in [1.165, 1.54) is 71.9 Å². The number of para-hydroxylation sites is 1. The Labute approximate surface area is 342 Å². The van der Waals surface area contributed by atoms with Crippen LogP contribution in [0, 0.1) is 0 Å². The molecule has 0 saturated heterocycles. The molecule has 0 N–H and O–H groups in total. The maximum absolute atomic E-state index is 6.53. The summed E-state index contributed by atoms with van der Waals surface area (Å²) in [5, 5.41) is 2.46. The van der Waals surface area contributed by atoms with Gasteiger partial charge in [-0.3, -0.25) is 0 Å². The molecule has 0 radical (unpaired) electrons. The molecule has 1 aliphatic carbocycles. The van der Waals surface area contributed by atoms with E-state index in [4.69, 9.17) is 9.40 Å². The molecule has 1 unspecified atom stereocenters. The van der Waals surface area contributed by atoms with Gasteiger partial charge < -0.3 is 8.98 Å². The molecule has 9 aromatic carbocycles. The molecular weight excluding hydrogens is 717 g/mol. The van der Waals surface area contributed by atoms with E-state index < -0.39 is 5.41 Å². The summed E-state index contributed by atoms with van der Waals surface area (Å²) in [6.45, 7) is 0. The monoisotopic (exact) mass is 752 g/mol. The molecule has 0 aliphatic heterocycles. The summed E-state index contributed by atoms with van der Waals surface area (Å²) in [6.07, 6.45) is 0. The highest BCUT2D eigenvalue weighted by Gasteiger charge is 2.47. The van der Waals surface area contributed by atoms with Gasteiger partial charge >= 0.3 is 0 Å². The quantitative estimate of drug-likeness (QED) is 0.169. The minimum Gasteiger partial charge on any atom is -0.436 e. The number of aromatic nitrogens is 2. The van der Waals surface area contributed by atoms with Crippen LogP contribution < -0.4 is 0 Å². The Hall–Kier alpha value is -7.75. The summed E-state index contributed by atoms with van der Waals surface area (Å²) in [4.78, 5) is 4.91. The summed E-state index contributed by atoms with van der Waals surface area (Å²) in [6, 6.07) is 78.8. The van der Waals surface area contributed by atoms with Gasteiger partial charge in [0.15, 0.2) is 5.58 Å². The fourth-order valence-electron chi connectivity index (χ4n) is 9.78. The lowest BCUT2D eigenvalue weighted by molar-refractivity contribution is 0.618. The number of oxazole rings is 1. The highest BCUT2D eigenvalue weighted by molar-refractivity contribution is 6.11. The Morgan fingerprint density at radius 2 is 1.07 bits per heavy atom. The topological polar surface area (TPSA) is 31.0 Å². The van der Waals surface area contributed by atoms with Crippen molar-refractivity contribution in [3.05, 3.63) is 241 Å². The lowest BCUT2D eigenvalue weighted by Crippen LogP contribution is -2.28. The molecule has 0 spiro atoms. The first-order chi connectivity index (χ1) is 29.3. The van der Waals surface area contributed by atoms with Crippen LogP contribution >= 0.6 is 0 Å². The van der Waals surface area contributed by atoms with Crippen LogP contribution in [0.3, 0.4) is 0 Å². The number of hydrogen-bond donors (Lipinski definition) is 0. The van der Waals surface area contributed by atoms with Crippen molar-refractivity contribution >= 4 is 32.9 Å². The lowest BCUT2D eigenvalue weighted by Gasteiger charge is -2.33. The number of rotatable bonds is 6. The molecule has 2 heterocycles. The summed E-state index contributed by atoms with van der Waals surface area (Å²) in [7, 11) is 0. The molecule has 3 heteroatoms. The van der Waals surface area contributed by atoms with E-state index in [2.05, 4.69) is 193 Å². The van der Waals surface area contributed by atoms with E-state index in [9.17, 15) is 0 Å². The average Bonchev–Trinajstić information content (AvgIpc) is 3.99. The molecule has 3 nitrogen and oxygen atoms in total. The second kappa shape index (κ2) is 13.2. The van der Waals surface area contributed by atoms with Crippen LogP contribution in [0.1, 0.15) is 22.3 Å². The first-order valence-electron chi connectivity index (χ1n) is 20.2. The Balaban J connectivity index is 1.07. The molecule has 2 aromatic heterocycles. The summed E-state index contributed by atoms with van der Waals surface area (Å²) in [5.41, 5.74) is 17.7. The van der Waals surface area contributed by atoms with Gasteiger partial charge in [-0.1, -0.05) is 164 Å². The van der Waals surface area contributed by atoms with E-state index in [1.807, 2.05) is 30.3 Å². The van der Waals surface area contributed by atoms with Gasteiger partial charge in [-0.25, -0.2) is 4.98 Å². The molecule has 0 bridgehead atoms. The molecule has 276 valence electrons. The highest BCUT2D eigenvalue weighted by Crippen LogP contribution is 2.58. The summed E-state index contributed by atoms with van der Waals surface area (Å²) in [5.74, 6) is 0.627. The van der Waals surface area contributed by atoms with Crippen LogP contribution in [-0.2, 0) is 5.41 Å². The van der Waals surface area contributed by atoms with E-state index in [0.717, 1.165) is 27.9 Å². The zero-order valence-corrected chi connectivity index (χ0v) is 32.1. The predicted octanol–water partition coefficient (Wildman–Crippen LogP) is 14.3. The SMILES string of the molecule is c1ccc(-c2cccc(-n3c4ccccc4c4cc(-c5cccc6c5-c5ccccc5C6(c5ccccc5)c5ccc6nc(-c7ccccc7)oc6c5)ccc43)c2)cc1. The Morgan fingerprint density at radius 1 is 0.407 bits per heavy atom. The summed E-state index contributed by atoms with van der Waals surface area (Å²) >= 11 is 0. The van der Waals surface area contributed by atoms with Crippen molar-refractivity contribution in [2.75, 3.05) is 0 Å². The maximum Gasteiger partial charge on any atom is 0.227 e. The third kappa shape index (κ3) is 5.05. The molecule has 59 heavy (non-hydrogen) atoms.